The van der Waals surface area contributed by atoms with Gasteiger partial charge in [0, 0.05) is 19.9 Å². The van der Waals surface area contributed by atoms with Crippen LogP contribution in [-0.2, 0) is 5.33 Å². The third kappa shape index (κ3) is 1.67. The smallest absolute Gasteiger partial charge is 0.145 e. The normalized spacial score (nSPS) is 11.0. The Morgan fingerprint density at radius 2 is 2.15 bits per heavy atom. The Labute approximate surface area is 96.0 Å². The number of hydrogen-bond acceptors (Lipinski definition) is 1. The van der Waals surface area contributed by atoms with E-state index in [2.05, 4.69) is 31.9 Å². The van der Waals surface area contributed by atoms with Gasteiger partial charge in [-0.3, -0.25) is 0 Å². The fourth-order valence-electron chi connectivity index (χ4n) is 1.18. The molecule has 0 aliphatic rings. The van der Waals surface area contributed by atoms with Gasteiger partial charge in [0.2, 0.25) is 0 Å². The number of thiophene rings is 1. The summed E-state index contributed by atoms with van der Waals surface area (Å²) in [4.78, 5) is 0.758. The minimum Gasteiger partial charge on any atom is -0.205 e. The lowest BCUT2D eigenvalue weighted by Crippen LogP contribution is -1.75. The molecule has 0 atom stereocenters. The van der Waals surface area contributed by atoms with Crippen molar-refractivity contribution in [1.29, 1.82) is 0 Å². The Kier molecular flexibility index (Phi) is 2.72. The van der Waals surface area contributed by atoms with Gasteiger partial charge in [-0.05, 0) is 18.2 Å². The molecular weight excluding hydrogens is 319 g/mol. The summed E-state index contributed by atoms with van der Waals surface area (Å²) in [6.45, 7) is 0. The molecule has 0 nitrogen and oxygen atoms in total. The first-order chi connectivity index (χ1) is 6.22. The van der Waals surface area contributed by atoms with Gasteiger partial charge in [0.1, 0.15) is 5.82 Å². The molecule has 68 valence electrons. The molecule has 0 saturated carbocycles. The summed E-state index contributed by atoms with van der Waals surface area (Å²) in [6, 6.07) is 5.67. The quantitative estimate of drug-likeness (QED) is 0.667. The molecule has 0 bridgehead atoms. The molecule has 1 aromatic carbocycles. The first-order valence-electron chi connectivity index (χ1n) is 3.65. The molecule has 1 heterocycles. The first-order valence-corrected chi connectivity index (χ1v) is 6.38. The molecule has 0 amide bonds. The second-order valence-electron chi connectivity index (χ2n) is 2.61. The van der Waals surface area contributed by atoms with Crippen LogP contribution in [0.25, 0.3) is 10.1 Å². The maximum Gasteiger partial charge on any atom is 0.145 e. The van der Waals surface area contributed by atoms with E-state index in [1.807, 2.05) is 18.2 Å². The van der Waals surface area contributed by atoms with Gasteiger partial charge in [-0.25, -0.2) is 4.39 Å². The topological polar surface area (TPSA) is 0 Å². The van der Waals surface area contributed by atoms with Crippen LogP contribution in [-0.4, -0.2) is 0 Å². The highest BCUT2D eigenvalue weighted by Gasteiger charge is 2.10. The lowest BCUT2D eigenvalue weighted by atomic mass is 10.2. The van der Waals surface area contributed by atoms with Gasteiger partial charge < -0.3 is 0 Å². The number of benzene rings is 1. The molecule has 1 aromatic heterocycles. The van der Waals surface area contributed by atoms with E-state index in [0.717, 1.165) is 14.0 Å². The van der Waals surface area contributed by atoms with Crippen LogP contribution in [0.15, 0.2) is 22.7 Å². The average Bonchev–Trinajstić information content (AvgIpc) is 2.44. The summed E-state index contributed by atoms with van der Waals surface area (Å²) in [5.74, 6) is -0.0989. The van der Waals surface area contributed by atoms with Crippen LogP contribution in [0.2, 0.25) is 0 Å². The number of fused-ring (bicyclic) bond motifs is 1. The van der Waals surface area contributed by atoms with Crippen LogP contribution in [0.4, 0.5) is 4.39 Å². The molecule has 0 aliphatic carbocycles. The van der Waals surface area contributed by atoms with E-state index >= 15 is 0 Å². The van der Waals surface area contributed by atoms with Gasteiger partial charge in [0.15, 0.2) is 0 Å². The molecule has 0 saturated heterocycles. The maximum atomic E-state index is 13.6. The molecule has 0 fully saturated rings. The van der Waals surface area contributed by atoms with E-state index in [-0.39, 0.29) is 5.82 Å². The first kappa shape index (κ1) is 9.62. The average molecular weight is 324 g/mol. The Bertz CT molecular complexity index is 450. The van der Waals surface area contributed by atoms with Crippen molar-refractivity contribution in [1.82, 2.24) is 0 Å². The molecule has 2 rings (SSSR count). The van der Waals surface area contributed by atoms with Gasteiger partial charge in [-0.1, -0.05) is 31.9 Å². The van der Waals surface area contributed by atoms with E-state index in [1.165, 1.54) is 11.3 Å². The number of halogens is 3. The molecule has 2 aromatic rings. The van der Waals surface area contributed by atoms with Crippen LogP contribution < -0.4 is 0 Å². The second-order valence-corrected chi connectivity index (χ2v) is 5.23. The SMILES string of the molecule is Fc1c(CBr)sc2ccc(Br)cc12. The molecule has 13 heavy (non-hydrogen) atoms. The summed E-state index contributed by atoms with van der Waals surface area (Å²) in [7, 11) is 0. The Balaban J connectivity index is 2.77. The van der Waals surface area contributed by atoms with Gasteiger partial charge in [0.05, 0.1) is 4.88 Å². The largest absolute Gasteiger partial charge is 0.205 e. The predicted octanol–water partition coefficient (Wildman–Crippen LogP) is 4.70. The van der Waals surface area contributed by atoms with Gasteiger partial charge in [-0.2, -0.15) is 0 Å². The standard InChI is InChI=1S/C9H5Br2FS/c10-4-8-9(12)6-3-5(11)1-2-7(6)13-8/h1-3H,4H2. The van der Waals surface area contributed by atoms with Crippen molar-refractivity contribution in [3.05, 3.63) is 33.4 Å². The van der Waals surface area contributed by atoms with Gasteiger partial charge in [-0.15, -0.1) is 11.3 Å². The molecular formula is C9H5Br2FS. The second kappa shape index (κ2) is 3.67. The van der Waals surface area contributed by atoms with Crippen LogP contribution in [0.1, 0.15) is 4.88 Å². The zero-order chi connectivity index (χ0) is 9.42. The fourth-order valence-corrected chi connectivity index (χ4v) is 3.04. The summed E-state index contributed by atoms with van der Waals surface area (Å²) in [5.41, 5.74) is 0. The van der Waals surface area contributed by atoms with E-state index in [0.29, 0.717) is 10.7 Å². The molecule has 0 radical (unpaired) electrons. The molecule has 4 heteroatoms. The number of rotatable bonds is 1. The summed E-state index contributed by atoms with van der Waals surface area (Å²) >= 11 is 8.08. The monoisotopic (exact) mass is 322 g/mol. The highest BCUT2D eigenvalue weighted by molar-refractivity contribution is 9.10. The summed E-state index contributed by atoms with van der Waals surface area (Å²) in [6.07, 6.45) is 0. The van der Waals surface area contributed by atoms with Crippen molar-refractivity contribution in [2.75, 3.05) is 0 Å². The third-order valence-electron chi connectivity index (χ3n) is 1.78. The molecule has 0 unspecified atom stereocenters. The van der Waals surface area contributed by atoms with E-state index in [1.54, 1.807) is 0 Å². The van der Waals surface area contributed by atoms with Gasteiger partial charge >= 0.3 is 0 Å². The van der Waals surface area contributed by atoms with Crippen molar-refractivity contribution in [3.63, 3.8) is 0 Å². The van der Waals surface area contributed by atoms with Crippen LogP contribution in [0.3, 0.4) is 0 Å². The van der Waals surface area contributed by atoms with E-state index in [4.69, 9.17) is 0 Å². The van der Waals surface area contributed by atoms with E-state index < -0.39 is 0 Å². The highest BCUT2D eigenvalue weighted by atomic mass is 79.9. The minimum atomic E-state index is -0.0989. The van der Waals surface area contributed by atoms with Crippen molar-refractivity contribution < 1.29 is 4.39 Å². The van der Waals surface area contributed by atoms with Crippen molar-refractivity contribution in [3.8, 4) is 0 Å². The molecule has 0 N–H and O–H groups in total. The van der Waals surface area contributed by atoms with Crippen LogP contribution in [0, 0.1) is 5.82 Å². The molecule has 0 spiro atoms. The fraction of sp³-hybridized carbons (Fsp3) is 0.111. The Hall–Kier alpha value is 0.0700. The zero-order valence-corrected chi connectivity index (χ0v) is 10.5. The minimum absolute atomic E-state index is 0.0989. The summed E-state index contributed by atoms with van der Waals surface area (Å²) < 4.78 is 15.5. The number of alkyl halides is 1. The van der Waals surface area contributed by atoms with Crippen molar-refractivity contribution in [2.24, 2.45) is 0 Å². The maximum absolute atomic E-state index is 13.6. The molecule has 0 aliphatic heterocycles. The third-order valence-corrected chi connectivity index (χ3v) is 4.35. The Morgan fingerprint density at radius 1 is 1.38 bits per heavy atom. The lowest BCUT2D eigenvalue weighted by molar-refractivity contribution is 0.636. The lowest BCUT2D eigenvalue weighted by Gasteiger charge is -1.90. The predicted molar refractivity (Wildman–Crippen MR) is 62.1 cm³/mol. The van der Waals surface area contributed by atoms with Crippen LogP contribution in [0.5, 0.6) is 0 Å². The van der Waals surface area contributed by atoms with Gasteiger partial charge in [0.25, 0.3) is 0 Å². The van der Waals surface area contributed by atoms with Crippen molar-refractivity contribution >= 4 is 53.3 Å². The van der Waals surface area contributed by atoms with Crippen molar-refractivity contribution in [2.45, 2.75) is 5.33 Å². The van der Waals surface area contributed by atoms with E-state index in [9.17, 15) is 4.39 Å². The highest BCUT2D eigenvalue weighted by Crippen LogP contribution is 2.32. The summed E-state index contributed by atoms with van der Waals surface area (Å²) in [5, 5.41) is 1.28. The number of hydrogen-bond donors (Lipinski definition) is 0. The zero-order valence-electron chi connectivity index (χ0n) is 6.48. The Morgan fingerprint density at radius 3 is 2.85 bits per heavy atom. The van der Waals surface area contributed by atoms with Crippen LogP contribution >= 0.6 is 43.2 Å².